The maximum absolute atomic E-state index is 12.2. The molecule has 1 unspecified atom stereocenters. The third-order valence-electron chi connectivity index (χ3n) is 3.26. The number of rotatable bonds is 5. The minimum Gasteiger partial charge on any atom is -0.481 e. The number of nitrogens with two attached hydrogens (primary N) is 1. The Kier molecular flexibility index (Phi) is 5.24. The van der Waals surface area contributed by atoms with Crippen LogP contribution < -0.4 is 15.8 Å². The Balaban J connectivity index is 2.08. The van der Waals surface area contributed by atoms with Gasteiger partial charge in [-0.25, -0.2) is 0 Å². The molecule has 2 rings (SSSR count). The summed E-state index contributed by atoms with van der Waals surface area (Å²) in [4.78, 5) is 23.6. The molecule has 0 heterocycles. The van der Waals surface area contributed by atoms with Gasteiger partial charge in [-0.3, -0.25) is 9.59 Å². The lowest BCUT2D eigenvalue weighted by atomic mass is 10.1. The van der Waals surface area contributed by atoms with Crippen molar-refractivity contribution in [3.05, 3.63) is 58.6 Å². The molecule has 3 N–H and O–H groups in total. The summed E-state index contributed by atoms with van der Waals surface area (Å²) in [7, 11) is 0. The number of primary amides is 1. The van der Waals surface area contributed by atoms with Gasteiger partial charge in [-0.15, -0.1) is 0 Å². The van der Waals surface area contributed by atoms with Crippen molar-refractivity contribution in [2.24, 2.45) is 5.73 Å². The van der Waals surface area contributed by atoms with Gasteiger partial charge in [0.05, 0.1) is 11.3 Å². The lowest BCUT2D eigenvalue weighted by molar-refractivity contribution is -0.122. The second kappa shape index (κ2) is 7.15. The molecule has 0 fully saturated rings. The summed E-state index contributed by atoms with van der Waals surface area (Å²) in [6.07, 6.45) is -0.753. The number of halogens is 1. The molecule has 0 aliphatic carbocycles. The molecule has 2 amide bonds. The van der Waals surface area contributed by atoms with E-state index in [-0.39, 0.29) is 11.5 Å². The minimum absolute atomic E-state index is 0.246. The lowest BCUT2D eigenvalue weighted by Crippen LogP contribution is -2.31. The Labute approximate surface area is 139 Å². The molecule has 0 spiro atoms. The summed E-state index contributed by atoms with van der Waals surface area (Å²) in [6, 6.07) is 11.7. The maximum atomic E-state index is 12.2. The van der Waals surface area contributed by atoms with E-state index >= 15 is 0 Å². The number of para-hydroxylation sites is 1. The van der Waals surface area contributed by atoms with Crippen LogP contribution >= 0.6 is 11.6 Å². The molecule has 0 saturated heterocycles. The molecular weight excluding hydrogens is 316 g/mol. The number of aryl methyl sites for hydroxylation is 1. The minimum atomic E-state index is -0.753. The van der Waals surface area contributed by atoms with Crippen LogP contribution in [0.2, 0.25) is 5.02 Å². The number of nitrogens with one attached hydrogen (secondary N) is 1. The van der Waals surface area contributed by atoms with Gasteiger partial charge in [0.2, 0.25) is 0 Å². The maximum Gasteiger partial charge on any atom is 0.265 e. The first-order valence-corrected chi connectivity index (χ1v) is 7.39. The number of hydrogen-bond acceptors (Lipinski definition) is 3. The predicted octanol–water partition coefficient (Wildman–Crippen LogP) is 3.15. The molecule has 0 bridgehead atoms. The van der Waals surface area contributed by atoms with E-state index in [1.54, 1.807) is 49.4 Å². The Morgan fingerprint density at radius 2 is 1.91 bits per heavy atom. The molecule has 2 aromatic rings. The molecule has 0 aliphatic rings. The zero-order chi connectivity index (χ0) is 17.0. The van der Waals surface area contributed by atoms with Crippen molar-refractivity contribution in [1.29, 1.82) is 0 Å². The fourth-order valence-corrected chi connectivity index (χ4v) is 2.11. The van der Waals surface area contributed by atoms with Crippen LogP contribution in [-0.4, -0.2) is 17.9 Å². The molecular formula is C17H17ClN2O3. The SMILES string of the molecule is Cc1cc(OC(C)C(=O)Nc2ccccc2C(N)=O)ccc1Cl. The Morgan fingerprint density at radius 1 is 1.22 bits per heavy atom. The van der Waals surface area contributed by atoms with E-state index in [1.807, 2.05) is 6.92 Å². The summed E-state index contributed by atoms with van der Waals surface area (Å²) in [5.74, 6) is -0.452. The van der Waals surface area contributed by atoms with Gasteiger partial charge >= 0.3 is 0 Å². The number of ether oxygens (including phenoxy) is 1. The van der Waals surface area contributed by atoms with Crippen molar-refractivity contribution >= 4 is 29.1 Å². The summed E-state index contributed by atoms with van der Waals surface area (Å²) in [6.45, 7) is 3.47. The summed E-state index contributed by atoms with van der Waals surface area (Å²) >= 11 is 5.96. The van der Waals surface area contributed by atoms with Crippen molar-refractivity contribution in [3.63, 3.8) is 0 Å². The standard InChI is InChI=1S/C17H17ClN2O3/c1-10-9-12(7-8-14(10)18)23-11(2)17(22)20-15-6-4-3-5-13(15)16(19)21/h3-9,11H,1-2H3,(H2,19,21)(H,20,22). The van der Waals surface area contributed by atoms with Crippen LogP contribution in [0.4, 0.5) is 5.69 Å². The average molecular weight is 333 g/mol. The molecule has 0 aromatic heterocycles. The van der Waals surface area contributed by atoms with Crippen molar-refractivity contribution in [1.82, 2.24) is 0 Å². The monoisotopic (exact) mass is 332 g/mol. The zero-order valence-corrected chi connectivity index (χ0v) is 13.6. The van der Waals surface area contributed by atoms with Crippen LogP contribution in [0.15, 0.2) is 42.5 Å². The fourth-order valence-electron chi connectivity index (χ4n) is 1.99. The molecule has 23 heavy (non-hydrogen) atoms. The summed E-state index contributed by atoms with van der Waals surface area (Å²) in [5.41, 5.74) is 6.74. The van der Waals surface area contributed by atoms with Crippen molar-refractivity contribution in [2.75, 3.05) is 5.32 Å². The topological polar surface area (TPSA) is 81.4 Å². The van der Waals surface area contributed by atoms with E-state index in [4.69, 9.17) is 22.1 Å². The average Bonchev–Trinajstić information content (AvgIpc) is 2.51. The van der Waals surface area contributed by atoms with Crippen LogP contribution in [0.3, 0.4) is 0 Å². The number of benzene rings is 2. The third kappa shape index (κ3) is 4.23. The molecule has 120 valence electrons. The van der Waals surface area contributed by atoms with Crippen molar-refractivity contribution in [3.8, 4) is 5.75 Å². The lowest BCUT2D eigenvalue weighted by Gasteiger charge is -2.16. The first-order valence-electron chi connectivity index (χ1n) is 7.01. The van der Waals surface area contributed by atoms with Gasteiger partial charge in [-0.05, 0) is 49.7 Å². The first kappa shape index (κ1) is 16.8. The summed E-state index contributed by atoms with van der Waals surface area (Å²) < 4.78 is 5.60. The quantitative estimate of drug-likeness (QED) is 0.882. The second-order valence-electron chi connectivity index (χ2n) is 5.07. The molecule has 0 aliphatic heterocycles. The smallest absolute Gasteiger partial charge is 0.265 e. The van der Waals surface area contributed by atoms with E-state index in [0.717, 1.165) is 5.56 Å². The van der Waals surface area contributed by atoms with E-state index in [1.165, 1.54) is 0 Å². The van der Waals surface area contributed by atoms with Crippen molar-refractivity contribution < 1.29 is 14.3 Å². The number of carbonyl (C=O) groups excluding carboxylic acids is 2. The molecule has 6 heteroatoms. The van der Waals surface area contributed by atoms with E-state index < -0.39 is 12.0 Å². The van der Waals surface area contributed by atoms with Crippen LogP contribution in [0, 0.1) is 6.92 Å². The van der Waals surface area contributed by atoms with Gasteiger partial charge in [-0.2, -0.15) is 0 Å². The van der Waals surface area contributed by atoms with Crippen LogP contribution in [0.1, 0.15) is 22.8 Å². The fraction of sp³-hybridized carbons (Fsp3) is 0.176. The van der Waals surface area contributed by atoms with E-state index in [9.17, 15) is 9.59 Å². The molecule has 1 atom stereocenters. The molecule has 5 nitrogen and oxygen atoms in total. The largest absolute Gasteiger partial charge is 0.481 e. The number of hydrogen-bond donors (Lipinski definition) is 2. The van der Waals surface area contributed by atoms with E-state index in [0.29, 0.717) is 16.5 Å². The number of carbonyl (C=O) groups is 2. The van der Waals surface area contributed by atoms with Gasteiger partial charge in [-0.1, -0.05) is 23.7 Å². The zero-order valence-electron chi connectivity index (χ0n) is 12.8. The number of anilines is 1. The highest BCUT2D eigenvalue weighted by atomic mass is 35.5. The number of amides is 2. The second-order valence-corrected chi connectivity index (χ2v) is 5.48. The van der Waals surface area contributed by atoms with Gasteiger partial charge in [0.25, 0.3) is 11.8 Å². The van der Waals surface area contributed by atoms with E-state index in [2.05, 4.69) is 5.32 Å². The molecule has 0 saturated carbocycles. The Morgan fingerprint density at radius 3 is 2.57 bits per heavy atom. The molecule has 0 radical (unpaired) electrons. The van der Waals surface area contributed by atoms with Gasteiger partial charge in [0.15, 0.2) is 6.10 Å². The third-order valence-corrected chi connectivity index (χ3v) is 3.69. The highest BCUT2D eigenvalue weighted by Gasteiger charge is 2.17. The van der Waals surface area contributed by atoms with Crippen LogP contribution in [0.25, 0.3) is 0 Å². The first-order chi connectivity index (χ1) is 10.9. The van der Waals surface area contributed by atoms with Crippen LogP contribution in [-0.2, 0) is 4.79 Å². The molecule has 2 aromatic carbocycles. The van der Waals surface area contributed by atoms with Gasteiger partial charge in [0, 0.05) is 5.02 Å². The Bertz CT molecular complexity index is 746. The Hall–Kier alpha value is -2.53. The summed E-state index contributed by atoms with van der Waals surface area (Å²) in [5, 5.41) is 3.28. The van der Waals surface area contributed by atoms with Crippen LogP contribution in [0.5, 0.6) is 5.75 Å². The van der Waals surface area contributed by atoms with Gasteiger partial charge < -0.3 is 15.8 Å². The van der Waals surface area contributed by atoms with Crippen molar-refractivity contribution in [2.45, 2.75) is 20.0 Å². The predicted molar refractivity (Wildman–Crippen MR) is 89.9 cm³/mol. The normalized spacial score (nSPS) is 11.6. The highest BCUT2D eigenvalue weighted by Crippen LogP contribution is 2.22. The highest BCUT2D eigenvalue weighted by molar-refractivity contribution is 6.31. The van der Waals surface area contributed by atoms with Gasteiger partial charge in [0.1, 0.15) is 5.75 Å².